The minimum atomic E-state index is -0.822. The highest BCUT2D eigenvalue weighted by Crippen LogP contribution is 2.22. The van der Waals surface area contributed by atoms with Crippen molar-refractivity contribution in [3.05, 3.63) is 0 Å². The Kier molecular flexibility index (Phi) is 5.95. The van der Waals surface area contributed by atoms with Crippen molar-refractivity contribution in [2.45, 2.75) is 52.0 Å². The molecule has 0 saturated carbocycles. The Morgan fingerprint density at radius 1 is 1.28 bits per heavy atom. The number of nitrogens with zero attached hydrogens (tertiary/aromatic N) is 2. The largest absolute Gasteiger partial charge is 0.481 e. The van der Waals surface area contributed by atoms with E-state index in [0.29, 0.717) is 6.54 Å². The molecule has 0 aromatic rings. The van der Waals surface area contributed by atoms with Crippen LogP contribution >= 0.6 is 0 Å². The van der Waals surface area contributed by atoms with E-state index in [1.807, 2.05) is 4.90 Å². The maximum Gasteiger partial charge on any atom is 0.320 e. The zero-order valence-corrected chi connectivity index (χ0v) is 11.4. The van der Waals surface area contributed by atoms with Gasteiger partial charge in [-0.25, -0.2) is 4.79 Å². The van der Waals surface area contributed by atoms with Crippen molar-refractivity contribution in [2.75, 3.05) is 19.6 Å². The van der Waals surface area contributed by atoms with Gasteiger partial charge in [0.05, 0.1) is 6.42 Å². The molecule has 1 rings (SSSR count). The van der Waals surface area contributed by atoms with E-state index < -0.39 is 5.97 Å². The molecule has 5 heteroatoms. The molecule has 18 heavy (non-hydrogen) atoms. The van der Waals surface area contributed by atoms with Crippen molar-refractivity contribution in [3.8, 4) is 0 Å². The predicted molar refractivity (Wildman–Crippen MR) is 69.5 cm³/mol. The minimum Gasteiger partial charge on any atom is -0.481 e. The number of hydrogen-bond donors (Lipinski definition) is 1. The summed E-state index contributed by atoms with van der Waals surface area (Å²) in [5.74, 6) is -0.822. The number of amides is 2. The van der Waals surface area contributed by atoms with Crippen molar-refractivity contribution in [2.24, 2.45) is 0 Å². The molecule has 1 saturated heterocycles. The quantitative estimate of drug-likeness (QED) is 0.792. The Balaban J connectivity index is 2.64. The number of aliphatic carboxylic acids is 1. The standard InChI is InChI=1S/C13H24N2O3/c1-3-7-14(8-4-2)13(18)15-9-5-6-11(15)10-12(16)17/h11H,3-10H2,1-2H3,(H,16,17). The molecular weight excluding hydrogens is 232 g/mol. The summed E-state index contributed by atoms with van der Waals surface area (Å²) in [6.45, 7) is 6.30. The number of likely N-dealkylation sites (tertiary alicyclic amines) is 1. The zero-order chi connectivity index (χ0) is 13.5. The highest BCUT2D eigenvalue weighted by atomic mass is 16.4. The van der Waals surface area contributed by atoms with Gasteiger partial charge in [0.15, 0.2) is 0 Å². The van der Waals surface area contributed by atoms with Crippen molar-refractivity contribution >= 4 is 12.0 Å². The molecule has 0 spiro atoms. The fourth-order valence-corrected chi connectivity index (χ4v) is 2.53. The van der Waals surface area contributed by atoms with E-state index in [-0.39, 0.29) is 18.5 Å². The fraction of sp³-hybridized carbons (Fsp3) is 0.846. The molecule has 1 heterocycles. The predicted octanol–water partition coefficient (Wildman–Crippen LogP) is 2.17. The van der Waals surface area contributed by atoms with Gasteiger partial charge in [0.25, 0.3) is 0 Å². The van der Waals surface area contributed by atoms with Gasteiger partial charge in [0, 0.05) is 25.7 Å². The maximum atomic E-state index is 12.4. The molecule has 5 nitrogen and oxygen atoms in total. The molecule has 0 aromatic carbocycles. The average molecular weight is 256 g/mol. The highest BCUT2D eigenvalue weighted by molar-refractivity contribution is 5.76. The first kappa shape index (κ1) is 14.8. The van der Waals surface area contributed by atoms with E-state index in [4.69, 9.17) is 5.11 Å². The summed E-state index contributed by atoms with van der Waals surface area (Å²) in [7, 11) is 0. The summed E-state index contributed by atoms with van der Waals surface area (Å²) in [6, 6.07) is -0.103. The average Bonchev–Trinajstić information content (AvgIpc) is 2.75. The first-order valence-electron chi connectivity index (χ1n) is 6.87. The second kappa shape index (κ2) is 7.24. The van der Waals surface area contributed by atoms with E-state index in [9.17, 15) is 9.59 Å². The van der Waals surface area contributed by atoms with Crippen LogP contribution in [0.5, 0.6) is 0 Å². The van der Waals surface area contributed by atoms with Crippen LogP contribution in [0.2, 0.25) is 0 Å². The summed E-state index contributed by atoms with van der Waals surface area (Å²) in [5.41, 5.74) is 0. The zero-order valence-electron chi connectivity index (χ0n) is 11.4. The van der Waals surface area contributed by atoms with Gasteiger partial charge in [-0.1, -0.05) is 13.8 Å². The Morgan fingerprint density at radius 2 is 1.89 bits per heavy atom. The molecule has 1 N–H and O–H groups in total. The van der Waals surface area contributed by atoms with Crippen LogP contribution in [0.1, 0.15) is 46.0 Å². The normalized spacial score (nSPS) is 19.0. The Hall–Kier alpha value is -1.26. The number of carboxylic acids is 1. The van der Waals surface area contributed by atoms with Crippen LogP contribution in [0.3, 0.4) is 0 Å². The van der Waals surface area contributed by atoms with Crippen LogP contribution in [0.15, 0.2) is 0 Å². The summed E-state index contributed by atoms with van der Waals surface area (Å²) in [4.78, 5) is 26.8. The topological polar surface area (TPSA) is 60.9 Å². The van der Waals surface area contributed by atoms with Crippen LogP contribution in [0.4, 0.5) is 4.79 Å². The number of carbonyl (C=O) groups excluding carboxylic acids is 1. The molecule has 0 radical (unpaired) electrons. The Labute approximate surface area is 109 Å². The lowest BCUT2D eigenvalue weighted by atomic mass is 10.1. The van der Waals surface area contributed by atoms with Crippen molar-refractivity contribution in [1.82, 2.24) is 9.80 Å². The van der Waals surface area contributed by atoms with E-state index in [1.165, 1.54) is 0 Å². The second-order valence-electron chi connectivity index (χ2n) is 4.86. The smallest absolute Gasteiger partial charge is 0.320 e. The summed E-state index contributed by atoms with van der Waals surface area (Å²) < 4.78 is 0. The van der Waals surface area contributed by atoms with Crippen molar-refractivity contribution in [3.63, 3.8) is 0 Å². The molecule has 104 valence electrons. The van der Waals surface area contributed by atoms with Gasteiger partial charge in [-0.2, -0.15) is 0 Å². The molecule has 0 aliphatic carbocycles. The number of urea groups is 1. The Bertz CT molecular complexity index is 288. The first-order valence-corrected chi connectivity index (χ1v) is 6.87. The summed E-state index contributed by atoms with van der Waals surface area (Å²) in [5, 5.41) is 8.87. The number of carboxylic acid groups (broad SMARTS) is 1. The first-order chi connectivity index (χ1) is 8.60. The van der Waals surface area contributed by atoms with E-state index in [0.717, 1.165) is 38.8 Å². The third-order valence-electron chi connectivity index (χ3n) is 3.29. The number of rotatable bonds is 6. The van der Waals surface area contributed by atoms with Crippen molar-refractivity contribution < 1.29 is 14.7 Å². The van der Waals surface area contributed by atoms with Crippen molar-refractivity contribution in [1.29, 1.82) is 0 Å². The molecule has 1 atom stereocenters. The summed E-state index contributed by atoms with van der Waals surface area (Å²) in [6.07, 6.45) is 3.66. The molecule has 1 unspecified atom stereocenters. The van der Waals surface area contributed by atoms with Gasteiger partial charge in [0.1, 0.15) is 0 Å². The van der Waals surface area contributed by atoms with Crippen LogP contribution in [-0.4, -0.2) is 52.6 Å². The minimum absolute atomic E-state index is 0.0162. The monoisotopic (exact) mass is 256 g/mol. The van der Waals surface area contributed by atoms with Gasteiger partial charge in [0.2, 0.25) is 0 Å². The molecular formula is C13H24N2O3. The van der Waals surface area contributed by atoms with Gasteiger partial charge in [-0.15, -0.1) is 0 Å². The fourth-order valence-electron chi connectivity index (χ4n) is 2.53. The van der Waals surface area contributed by atoms with Crippen LogP contribution in [0.25, 0.3) is 0 Å². The third kappa shape index (κ3) is 3.89. The molecule has 1 aliphatic heterocycles. The lowest BCUT2D eigenvalue weighted by Crippen LogP contribution is -2.46. The van der Waals surface area contributed by atoms with E-state index >= 15 is 0 Å². The maximum absolute atomic E-state index is 12.4. The molecule has 0 bridgehead atoms. The lowest BCUT2D eigenvalue weighted by Gasteiger charge is -2.31. The van der Waals surface area contributed by atoms with Gasteiger partial charge in [-0.3, -0.25) is 4.79 Å². The van der Waals surface area contributed by atoms with E-state index in [2.05, 4.69) is 13.8 Å². The molecule has 1 fully saturated rings. The third-order valence-corrected chi connectivity index (χ3v) is 3.29. The van der Waals surface area contributed by atoms with Crippen LogP contribution in [-0.2, 0) is 4.79 Å². The summed E-state index contributed by atoms with van der Waals surface area (Å²) >= 11 is 0. The van der Waals surface area contributed by atoms with Gasteiger partial charge in [-0.05, 0) is 25.7 Å². The van der Waals surface area contributed by atoms with Gasteiger partial charge >= 0.3 is 12.0 Å². The number of hydrogen-bond acceptors (Lipinski definition) is 2. The van der Waals surface area contributed by atoms with Crippen LogP contribution in [0, 0.1) is 0 Å². The van der Waals surface area contributed by atoms with Gasteiger partial charge < -0.3 is 14.9 Å². The second-order valence-corrected chi connectivity index (χ2v) is 4.86. The molecule has 1 aliphatic rings. The molecule has 2 amide bonds. The molecule has 0 aromatic heterocycles. The van der Waals surface area contributed by atoms with E-state index in [1.54, 1.807) is 4.90 Å². The lowest BCUT2D eigenvalue weighted by molar-refractivity contribution is -0.138. The highest BCUT2D eigenvalue weighted by Gasteiger charge is 2.32. The SMILES string of the molecule is CCCN(CCC)C(=O)N1CCCC1CC(=O)O. The number of carbonyl (C=O) groups is 2. The van der Waals surface area contributed by atoms with Crippen LogP contribution < -0.4 is 0 Å². The Morgan fingerprint density at radius 3 is 2.39 bits per heavy atom.